The van der Waals surface area contributed by atoms with E-state index in [2.05, 4.69) is 17.0 Å². The van der Waals surface area contributed by atoms with Crippen LogP contribution in [0.1, 0.15) is 30.5 Å². The molecule has 1 aromatic heterocycles. The number of rotatable bonds is 5. The predicted octanol–water partition coefficient (Wildman–Crippen LogP) is 3.94. The lowest BCUT2D eigenvalue weighted by atomic mass is 9.94. The first-order valence-corrected chi connectivity index (χ1v) is 8.47. The Morgan fingerprint density at radius 1 is 1.30 bits per heavy atom. The molecule has 1 N–H and O–H groups in total. The van der Waals surface area contributed by atoms with Crippen LogP contribution in [-0.2, 0) is 6.54 Å². The van der Waals surface area contributed by atoms with Gasteiger partial charge in [0, 0.05) is 30.3 Å². The van der Waals surface area contributed by atoms with E-state index in [4.69, 9.17) is 5.26 Å². The highest BCUT2D eigenvalue weighted by Crippen LogP contribution is 2.35. The number of aromatic nitrogens is 2. The van der Waals surface area contributed by atoms with Gasteiger partial charge in [-0.3, -0.25) is 4.79 Å². The Balaban J connectivity index is 1.73. The van der Waals surface area contributed by atoms with Gasteiger partial charge in [0.1, 0.15) is 0 Å². The number of benzene rings is 1. The number of allylic oxidation sites excluding steroid dienone is 3. The van der Waals surface area contributed by atoms with Gasteiger partial charge in [-0.05, 0) is 42.3 Å². The van der Waals surface area contributed by atoms with Crippen molar-refractivity contribution in [1.82, 2.24) is 9.78 Å². The molecule has 0 radical (unpaired) electrons. The van der Waals surface area contributed by atoms with Gasteiger partial charge in [0.15, 0.2) is 0 Å². The summed E-state index contributed by atoms with van der Waals surface area (Å²) in [6, 6.07) is 11.8. The molecule has 0 spiro atoms. The maximum Gasteiger partial charge on any atom is 0.267 e. The van der Waals surface area contributed by atoms with Gasteiger partial charge < -0.3 is 5.32 Å². The fourth-order valence-corrected chi connectivity index (χ4v) is 2.81. The van der Waals surface area contributed by atoms with Crippen molar-refractivity contribution < 1.29 is 8.78 Å². The van der Waals surface area contributed by atoms with Gasteiger partial charge in [-0.1, -0.05) is 12.7 Å². The van der Waals surface area contributed by atoms with E-state index in [1.165, 1.54) is 16.8 Å². The van der Waals surface area contributed by atoms with Crippen LogP contribution in [0.25, 0.3) is 5.57 Å². The highest BCUT2D eigenvalue weighted by molar-refractivity contribution is 5.63. The molecule has 0 atom stereocenters. The van der Waals surface area contributed by atoms with E-state index < -0.39 is 5.92 Å². The van der Waals surface area contributed by atoms with Gasteiger partial charge in [0.2, 0.25) is 0 Å². The van der Waals surface area contributed by atoms with E-state index in [1.54, 1.807) is 30.3 Å². The second-order valence-corrected chi connectivity index (χ2v) is 6.42. The first-order valence-electron chi connectivity index (χ1n) is 8.47. The number of nitriles is 1. The Hall–Kier alpha value is -3.27. The normalized spacial score (nSPS) is 15.5. The number of nitrogens with one attached hydrogen (secondary N) is 1. The summed E-state index contributed by atoms with van der Waals surface area (Å²) in [5.41, 5.74) is 2.76. The van der Waals surface area contributed by atoms with Crippen molar-refractivity contribution in [2.24, 2.45) is 0 Å². The average molecular weight is 368 g/mol. The molecule has 27 heavy (non-hydrogen) atoms. The van der Waals surface area contributed by atoms with E-state index in [0.717, 1.165) is 11.3 Å². The molecule has 0 saturated carbocycles. The minimum atomic E-state index is -2.67. The van der Waals surface area contributed by atoms with Gasteiger partial charge >= 0.3 is 0 Å². The molecule has 5 nitrogen and oxygen atoms in total. The molecule has 1 aliphatic rings. The lowest BCUT2D eigenvalue weighted by Gasteiger charge is -2.21. The van der Waals surface area contributed by atoms with E-state index in [-0.39, 0.29) is 31.4 Å². The molecule has 3 rings (SSSR count). The van der Waals surface area contributed by atoms with Gasteiger partial charge in [-0.2, -0.15) is 10.4 Å². The van der Waals surface area contributed by atoms with Crippen LogP contribution >= 0.6 is 0 Å². The molecule has 1 heterocycles. The van der Waals surface area contributed by atoms with Crippen molar-refractivity contribution in [3.05, 3.63) is 76.4 Å². The van der Waals surface area contributed by atoms with E-state index >= 15 is 0 Å². The number of hydrogen-bond donors (Lipinski definition) is 1. The Bertz CT molecular complexity index is 984. The molecule has 1 aliphatic carbocycles. The number of halogens is 2. The van der Waals surface area contributed by atoms with Crippen LogP contribution in [0.3, 0.4) is 0 Å². The number of nitrogens with zero attached hydrogens (tertiary/aromatic N) is 3. The topological polar surface area (TPSA) is 70.7 Å². The third-order valence-corrected chi connectivity index (χ3v) is 4.28. The molecule has 138 valence electrons. The largest absolute Gasteiger partial charge is 0.358 e. The smallest absolute Gasteiger partial charge is 0.267 e. The molecule has 0 fully saturated rings. The van der Waals surface area contributed by atoms with Crippen LogP contribution in [0.4, 0.5) is 14.5 Å². The molecule has 1 aromatic carbocycles. The second kappa shape index (κ2) is 7.54. The van der Waals surface area contributed by atoms with Crippen molar-refractivity contribution in [3.8, 4) is 6.07 Å². The minimum absolute atomic E-state index is 0.135. The van der Waals surface area contributed by atoms with Crippen LogP contribution in [0.15, 0.2) is 59.5 Å². The van der Waals surface area contributed by atoms with Crippen LogP contribution in [0.5, 0.6) is 0 Å². The Morgan fingerprint density at radius 2 is 2.04 bits per heavy atom. The standard InChI is InChI=1S/C20H18F2N4O/c1-14(24-17-4-2-15(12-23)3-5-17)13-26-19(27)7-6-18(25-26)16-8-10-20(21,22)11-9-16/h2-8,24H,1,9-11,13H2. The summed E-state index contributed by atoms with van der Waals surface area (Å²) < 4.78 is 27.9. The summed E-state index contributed by atoms with van der Waals surface area (Å²) in [5.74, 6) is -2.67. The fourth-order valence-electron chi connectivity index (χ4n) is 2.81. The van der Waals surface area contributed by atoms with Gasteiger partial charge in [-0.25, -0.2) is 13.5 Å². The van der Waals surface area contributed by atoms with E-state index in [1.807, 2.05) is 6.07 Å². The summed E-state index contributed by atoms with van der Waals surface area (Å²) in [5, 5.41) is 16.2. The first kappa shape index (κ1) is 18.5. The molecule has 2 aromatic rings. The van der Waals surface area contributed by atoms with E-state index in [9.17, 15) is 13.6 Å². The summed E-state index contributed by atoms with van der Waals surface area (Å²) in [4.78, 5) is 12.1. The summed E-state index contributed by atoms with van der Waals surface area (Å²) in [6.07, 6.45) is 1.19. The maximum absolute atomic E-state index is 13.3. The molecule has 0 bridgehead atoms. The monoisotopic (exact) mass is 368 g/mol. The third kappa shape index (κ3) is 4.67. The molecular formula is C20H18F2N4O. The van der Waals surface area contributed by atoms with Gasteiger partial charge in [0.25, 0.3) is 11.5 Å². The van der Waals surface area contributed by atoms with Crippen LogP contribution < -0.4 is 10.9 Å². The first-order chi connectivity index (χ1) is 12.9. The summed E-state index contributed by atoms with van der Waals surface area (Å²) in [7, 11) is 0. The molecule has 0 unspecified atom stereocenters. The van der Waals surface area contributed by atoms with Crippen molar-refractivity contribution in [2.45, 2.75) is 31.7 Å². The quantitative estimate of drug-likeness (QED) is 0.868. The number of hydrogen-bond acceptors (Lipinski definition) is 4. The predicted molar refractivity (Wildman–Crippen MR) is 99.2 cm³/mol. The number of alkyl halides is 2. The Morgan fingerprint density at radius 3 is 2.67 bits per heavy atom. The van der Waals surface area contributed by atoms with Crippen molar-refractivity contribution >= 4 is 11.3 Å². The fraction of sp³-hybridized carbons (Fsp3) is 0.250. The van der Waals surface area contributed by atoms with Crippen molar-refractivity contribution in [1.29, 1.82) is 5.26 Å². The molecule has 0 saturated heterocycles. The third-order valence-electron chi connectivity index (χ3n) is 4.28. The highest BCUT2D eigenvalue weighted by atomic mass is 19.3. The maximum atomic E-state index is 13.3. The van der Waals surface area contributed by atoms with Crippen molar-refractivity contribution in [3.63, 3.8) is 0 Å². The van der Waals surface area contributed by atoms with Gasteiger partial charge in [0.05, 0.1) is 23.9 Å². The Kier molecular flexibility index (Phi) is 5.17. The van der Waals surface area contributed by atoms with Crippen LogP contribution in [-0.4, -0.2) is 15.7 Å². The SMILES string of the molecule is C=C(Cn1nc(C2=CCC(F)(F)CC2)ccc1=O)Nc1ccc(C#N)cc1. The zero-order valence-corrected chi connectivity index (χ0v) is 14.6. The zero-order valence-electron chi connectivity index (χ0n) is 14.6. The van der Waals surface area contributed by atoms with Gasteiger partial charge in [-0.15, -0.1) is 0 Å². The second-order valence-electron chi connectivity index (χ2n) is 6.42. The number of anilines is 1. The Labute approximate surface area is 155 Å². The molecule has 0 aliphatic heterocycles. The van der Waals surface area contributed by atoms with E-state index in [0.29, 0.717) is 17.0 Å². The van der Waals surface area contributed by atoms with Crippen molar-refractivity contribution in [2.75, 3.05) is 5.32 Å². The summed E-state index contributed by atoms with van der Waals surface area (Å²) in [6.45, 7) is 4.04. The molecule has 7 heteroatoms. The minimum Gasteiger partial charge on any atom is -0.358 e. The lowest BCUT2D eigenvalue weighted by Crippen LogP contribution is -2.26. The lowest BCUT2D eigenvalue weighted by molar-refractivity contribution is -0.00606. The highest BCUT2D eigenvalue weighted by Gasteiger charge is 2.31. The zero-order chi connectivity index (χ0) is 19.4. The summed E-state index contributed by atoms with van der Waals surface area (Å²) >= 11 is 0. The molecule has 0 amide bonds. The van der Waals surface area contributed by atoms with Crippen LogP contribution in [0, 0.1) is 11.3 Å². The van der Waals surface area contributed by atoms with Crippen LogP contribution in [0.2, 0.25) is 0 Å². The molecular weight excluding hydrogens is 350 g/mol. The average Bonchev–Trinajstić information content (AvgIpc) is 2.64.